The van der Waals surface area contributed by atoms with Crippen LogP contribution in [0.3, 0.4) is 0 Å². The third kappa shape index (κ3) is 2.80. The first-order valence-corrected chi connectivity index (χ1v) is 5.81. The van der Waals surface area contributed by atoms with E-state index in [9.17, 15) is 14.9 Å². The second-order valence-corrected chi connectivity index (χ2v) is 3.89. The van der Waals surface area contributed by atoms with E-state index in [4.69, 9.17) is 10.5 Å². The van der Waals surface area contributed by atoms with Gasteiger partial charge in [0.1, 0.15) is 5.56 Å². The number of nitro groups is 1. The smallest absolute Gasteiger partial charge is 0.287 e. The molecule has 17 heavy (non-hydrogen) atoms. The Morgan fingerprint density at radius 2 is 2.29 bits per heavy atom. The molecule has 0 aromatic heterocycles. The van der Waals surface area contributed by atoms with Crippen LogP contribution in [0.4, 0.5) is 5.69 Å². The van der Waals surface area contributed by atoms with Gasteiger partial charge >= 0.3 is 0 Å². The highest BCUT2D eigenvalue weighted by molar-refractivity contribution is 9.09. The van der Waals surface area contributed by atoms with Gasteiger partial charge in [0.15, 0.2) is 0 Å². The van der Waals surface area contributed by atoms with Gasteiger partial charge in [-0.3, -0.25) is 14.9 Å². The van der Waals surface area contributed by atoms with Crippen molar-refractivity contribution in [3.05, 3.63) is 39.4 Å². The van der Waals surface area contributed by atoms with Crippen molar-refractivity contribution >= 4 is 27.5 Å². The van der Waals surface area contributed by atoms with E-state index in [0.717, 1.165) is 0 Å². The number of carbonyl (C=O) groups is 1. The number of para-hydroxylation sites is 1. The molecule has 0 spiro atoms. The van der Waals surface area contributed by atoms with E-state index in [2.05, 4.69) is 15.9 Å². The summed E-state index contributed by atoms with van der Waals surface area (Å²) in [5.41, 5.74) is 5.02. The lowest BCUT2D eigenvalue weighted by Crippen LogP contribution is -2.16. The zero-order chi connectivity index (χ0) is 13.0. The van der Waals surface area contributed by atoms with Gasteiger partial charge in [-0.15, -0.1) is 0 Å². The normalized spacial score (nSPS) is 12.1. The number of carbonyl (C=O) groups excluding carboxylic acids is 1. The quantitative estimate of drug-likeness (QED) is 0.509. The molecule has 0 aliphatic heterocycles. The maximum atomic E-state index is 11.1. The number of benzene rings is 1. The number of hydrogen-bond donors (Lipinski definition) is 1. The zero-order valence-corrected chi connectivity index (χ0v) is 10.6. The summed E-state index contributed by atoms with van der Waals surface area (Å²) < 4.78 is 5.11. The van der Waals surface area contributed by atoms with Crippen molar-refractivity contribution in [2.75, 3.05) is 12.4 Å². The van der Waals surface area contributed by atoms with E-state index < -0.39 is 16.9 Å². The van der Waals surface area contributed by atoms with Crippen molar-refractivity contribution in [2.45, 2.75) is 6.10 Å². The van der Waals surface area contributed by atoms with E-state index in [1.807, 2.05) is 0 Å². The standard InChI is InChI=1S/C10H11BrN2O4/c1-17-8(5-11)6-3-2-4-7(10(12)14)9(6)13(15)16/h2-4,8H,5H2,1H3,(H2,12,14). The van der Waals surface area contributed by atoms with Gasteiger partial charge in [-0.1, -0.05) is 22.0 Å². The zero-order valence-electron chi connectivity index (χ0n) is 9.05. The van der Waals surface area contributed by atoms with E-state index >= 15 is 0 Å². The number of hydrogen-bond acceptors (Lipinski definition) is 4. The summed E-state index contributed by atoms with van der Waals surface area (Å²) in [6, 6.07) is 4.40. The minimum absolute atomic E-state index is 0.115. The number of amides is 1. The molecule has 1 rings (SSSR count). The summed E-state index contributed by atoms with van der Waals surface area (Å²) in [5.74, 6) is -0.831. The maximum Gasteiger partial charge on any atom is 0.287 e. The number of methoxy groups -OCH3 is 1. The highest BCUT2D eigenvalue weighted by Crippen LogP contribution is 2.31. The first-order chi connectivity index (χ1) is 8.02. The molecule has 1 aromatic rings. The molecule has 6 nitrogen and oxygen atoms in total. The molecule has 0 heterocycles. The number of nitrogens with zero attached hydrogens (tertiary/aromatic N) is 1. The van der Waals surface area contributed by atoms with Crippen LogP contribution in [0, 0.1) is 10.1 Å². The second kappa shape index (κ2) is 5.74. The summed E-state index contributed by atoms with van der Waals surface area (Å²) >= 11 is 3.19. The Hall–Kier alpha value is -1.47. The van der Waals surface area contributed by atoms with Crippen LogP contribution in [0.2, 0.25) is 0 Å². The van der Waals surface area contributed by atoms with Crippen LogP contribution in [0.5, 0.6) is 0 Å². The Kier molecular flexibility index (Phi) is 4.59. The Morgan fingerprint density at radius 3 is 2.71 bits per heavy atom. The van der Waals surface area contributed by atoms with Crippen molar-refractivity contribution in [2.24, 2.45) is 5.73 Å². The molecule has 0 aliphatic carbocycles. The molecule has 2 N–H and O–H groups in total. The first-order valence-electron chi connectivity index (χ1n) is 4.68. The topological polar surface area (TPSA) is 95.5 Å². The van der Waals surface area contributed by atoms with E-state index in [1.165, 1.54) is 19.2 Å². The molecular weight excluding hydrogens is 292 g/mol. The number of nitrogens with two attached hydrogens (primary N) is 1. The second-order valence-electron chi connectivity index (χ2n) is 3.24. The Bertz CT molecular complexity index is 446. The number of ether oxygens (including phenoxy) is 1. The SMILES string of the molecule is COC(CBr)c1cccc(C(N)=O)c1[N+](=O)[O-]. The summed E-state index contributed by atoms with van der Waals surface area (Å²) in [6.07, 6.45) is -0.505. The van der Waals surface area contributed by atoms with Crippen LogP contribution < -0.4 is 5.73 Å². The maximum absolute atomic E-state index is 11.1. The van der Waals surface area contributed by atoms with Crippen LogP contribution in [-0.2, 0) is 4.74 Å². The third-order valence-electron chi connectivity index (χ3n) is 2.29. The average molecular weight is 303 g/mol. The molecule has 7 heteroatoms. The molecule has 0 saturated carbocycles. The Balaban J connectivity index is 3.44. The summed E-state index contributed by atoms with van der Waals surface area (Å²) in [4.78, 5) is 21.5. The number of nitro benzene ring substituents is 1. The van der Waals surface area contributed by atoms with Gasteiger partial charge in [0.05, 0.1) is 16.6 Å². The van der Waals surface area contributed by atoms with Crippen molar-refractivity contribution in [3.63, 3.8) is 0 Å². The molecule has 0 fully saturated rings. The molecule has 0 aliphatic rings. The molecule has 92 valence electrons. The lowest BCUT2D eigenvalue weighted by molar-refractivity contribution is -0.386. The number of alkyl halides is 1. The Labute approximate surface area is 106 Å². The average Bonchev–Trinajstić information content (AvgIpc) is 2.30. The fraction of sp³-hybridized carbons (Fsp3) is 0.300. The Morgan fingerprint density at radius 1 is 1.65 bits per heavy atom. The van der Waals surface area contributed by atoms with Gasteiger partial charge in [-0.2, -0.15) is 0 Å². The molecule has 1 atom stereocenters. The number of halogens is 1. The van der Waals surface area contributed by atoms with Crippen molar-refractivity contribution in [1.82, 2.24) is 0 Å². The summed E-state index contributed by atoms with van der Waals surface area (Å²) in [7, 11) is 1.44. The van der Waals surface area contributed by atoms with Crippen molar-refractivity contribution in [3.8, 4) is 0 Å². The highest BCUT2D eigenvalue weighted by atomic mass is 79.9. The molecule has 1 aromatic carbocycles. The lowest BCUT2D eigenvalue weighted by Gasteiger charge is -2.13. The number of rotatable bonds is 5. The molecule has 1 unspecified atom stereocenters. The van der Waals surface area contributed by atoms with Gasteiger partial charge in [0, 0.05) is 12.4 Å². The van der Waals surface area contributed by atoms with Crippen LogP contribution in [0.25, 0.3) is 0 Å². The van der Waals surface area contributed by atoms with E-state index in [1.54, 1.807) is 6.07 Å². The highest BCUT2D eigenvalue weighted by Gasteiger charge is 2.27. The molecule has 0 radical (unpaired) electrons. The predicted molar refractivity (Wildman–Crippen MR) is 65.2 cm³/mol. The molecule has 0 bridgehead atoms. The van der Waals surface area contributed by atoms with Gasteiger partial charge < -0.3 is 10.5 Å². The minimum Gasteiger partial charge on any atom is -0.376 e. The summed E-state index contributed by atoms with van der Waals surface area (Å²) in [6.45, 7) is 0. The minimum atomic E-state index is -0.831. The van der Waals surface area contributed by atoms with Crippen LogP contribution in [0.1, 0.15) is 22.0 Å². The van der Waals surface area contributed by atoms with Gasteiger partial charge in [-0.05, 0) is 12.1 Å². The summed E-state index contributed by atoms with van der Waals surface area (Å²) in [5, 5.41) is 11.4. The molecular formula is C10H11BrN2O4. The molecule has 1 amide bonds. The van der Waals surface area contributed by atoms with Gasteiger partial charge in [0.2, 0.25) is 0 Å². The predicted octanol–water partition coefficient (Wildman–Crippen LogP) is 1.78. The van der Waals surface area contributed by atoms with Crippen molar-refractivity contribution < 1.29 is 14.5 Å². The number of primary amides is 1. The fourth-order valence-electron chi connectivity index (χ4n) is 1.50. The largest absolute Gasteiger partial charge is 0.376 e. The third-order valence-corrected chi connectivity index (χ3v) is 2.87. The van der Waals surface area contributed by atoms with Gasteiger partial charge in [0.25, 0.3) is 11.6 Å². The molecule has 0 saturated heterocycles. The monoisotopic (exact) mass is 302 g/mol. The van der Waals surface area contributed by atoms with Crippen LogP contribution in [0.15, 0.2) is 18.2 Å². The van der Waals surface area contributed by atoms with E-state index in [-0.39, 0.29) is 11.3 Å². The lowest BCUT2D eigenvalue weighted by atomic mass is 10.0. The van der Waals surface area contributed by atoms with E-state index in [0.29, 0.717) is 10.9 Å². The van der Waals surface area contributed by atoms with Gasteiger partial charge in [-0.25, -0.2) is 0 Å². The fourth-order valence-corrected chi connectivity index (χ4v) is 2.11. The van der Waals surface area contributed by atoms with Crippen LogP contribution in [-0.4, -0.2) is 23.3 Å². The van der Waals surface area contributed by atoms with Crippen LogP contribution >= 0.6 is 15.9 Å². The first kappa shape index (κ1) is 13.6. The van der Waals surface area contributed by atoms with Crippen molar-refractivity contribution in [1.29, 1.82) is 0 Å².